The molecule has 0 fully saturated rings. The maximum atomic E-state index is 11.6. The Morgan fingerprint density at radius 3 is 2.82 bits per heavy atom. The molecule has 0 saturated carbocycles. The summed E-state index contributed by atoms with van der Waals surface area (Å²) >= 11 is 2.20. The van der Waals surface area contributed by atoms with E-state index in [-0.39, 0.29) is 6.61 Å². The number of carbonyl (C=O) groups is 1. The van der Waals surface area contributed by atoms with Crippen molar-refractivity contribution in [3.8, 4) is 5.75 Å². The van der Waals surface area contributed by atoms with Gasteiger partial charge in [0.05, 0.1) is 12.1 Å². The van der Waals surface area contributed by atoms with Crippen LogP contribution in [0.15, 0.2) is 49.1 Å². The van der Waals surface area contributed by atoms with Crippen molar-refractivity contribution in [2.24, 2.45) is 0 Å². The van der Waals surface area contributed by atoms with Crippen molar-refractivity contribution in [1.82, 2.24) is 4.57 Å². The Morgan fingerprint density at radius 2 is 2.09 bits per heavy atom. The lowest BCUT2D eigenvalue weighted by Gasteiger charge is -2.09. The molecule has 5 heteroatoms. The second-order valence-electron chi connectivity index (χ2n) is 4.82. The number of hydrogen-bond donors (Lipinski definition) is 1. The molecule has 112 valence electrons. The largest absolute Gasteiger partial charge is 0.421 e. The van der Waals surface area contributed by atoms with Crippen molar-refractivity contribution in [3.63, 3.8) is 0 Å². The number of benzene rings is 2. The summed E-state index contributed by atoms with van der Waals surface area (Å²) in [5.74, 6) is -0.0134. The first-order valence-corrected chi connectivity index (χ1v) is 7.89. The predicted octanol–water partition coefficient (Wildman–Crippen LogP) is 3.48. The smallest absolute Gasteiger partial charge is 0.335 e. The number of carbonyl (C=O) groups excluding carboxylic acids is 1. The van der Waals surface area contributed by atoms with Gasteiger partial charge < -0.3 is 14.4 Å². The van der Waals surface area contributed by atoms with Crippen molar-refractivity contribution >= 4 is 50.4 Å². The fourth-order valence-corrected chi connectivity index (χ4v) is 3.27. The van der Waals surface area contributed by atoms with Gasteiger partial charge in [-0.15, -0.1) is 0 Å². The molecule has 3 aromatic rings. The number of ether oxygens (including phenoxy) is 1. The van der Waals surface area contributed by atoms with E-state index in [1.54, 1.807) is 0 Å². The summed E-state index contributed by atoms with van der Waals surface area (Å²) in [7, 11) is 0. The van der Waals surface area contributed by atoms with Gasteiger partial charge in [-0.3, -0.25) is 0 Å². The van der Waals surface area contributed by atoms with Crippen molar-refractivity contribution in [2.45, 2.75) is 6.54 Å². The van der Waals surface area contributed by atoms with Gasteiger partial charge in [-0.2, -0.15) is 0 Å². The molecule has 0 atom stereocenters. The molecular formula is C17H14INO3. The number of aromatic nitrogens is 1. The van der Waals surface area contributed by atoms with Crippen LogP contribution < -0.4 is 4.74 Å². The van der Waals surface area contributed by atoms with Crippen molar-refractivity contribution < 1.29 is 14.6 Å². The van der Waals surface area contributed by atoms with E-state index >= 15 is 0 Å². The molecule has 22 heavy (non-hydrogen) atoms. The van der Waals surface area contributed by atoms with Crippen molar-refractivity contribution in [1.29, 1.82) is 0 Å². The number of aliphatic hydroxyl groups is 1. The normalized spacial score (nSPS) is 11.0. The zero-order valence-corrected chi connectivity index (χ0v) is 13.9. The molecular weight excluding hydrogens is 393 g/mol. The van der Waals surface area contributed by atoms with E-state index in [2.05, 4.69) is 35.2 Å². The summed E-state index contributed by atoms with van der Waals surface area (Å²) < 4.78 is 8.36. The highest BCUT2D eigenvalue weighted by atomic mass is 127. The van der Waals surface area contributed by atoms with E-state index < -0.39 is 5.97 Å². The van der Waals surface area contributed by atoms with Crippen LogP contribution in [-0.4, -0.2) is 22.2 Å². The molecule has 0 amide bonds. The molecule has 0 saturated heterocycles. The minimum atomic E-state index is -0.496. The Morgan fingerprint density at radius 1 is 1.32 bits per heavy atom. The Bertz CT molecular complexity index is 882. The molecule has 3 rings (SSSR count). The molecule has 4 nitrogen and oxygen atoms in total. The van der Waals surface area contributed by atoms with Crippen LogP contribution in [0.2, 0.25) is 0 Å². The summed E-state index contributed by atoms with van der Waals surface area (Å²) in [6, 6.07) is 11.8. The van der Waals surface area contributed by atoms with E-state index in [9.17, 15) is 9.90 Å². The zero-order valence-electron chi connectivity index (χ0n) is 11.8. The maximum Gasteiger partial charge on any atom is 0.335 e. The lowest BCUT2D eigenvalue weighted by Crippen LogP contribution is -2.07. The number of esters is 1. The van der Waals surface area contributed by atoms with Gasteiger partial charge in [0.1, 0.15) is 0 Å². The van der Waals surface area contributed by atoms with Crippen LogP contribution in [0.1, 0.15) is 0 Å². The predicted molar refractivity (Wildman–Crippen MR) is 95.1 cm³/mol. The number of fused-ring (bicyclic) bond motifs is 3. The third kappa shape index (κ3) is 2.50. The van der Waals surface area contributed by atoms with Gasteiger partial charge in [-0.05, 0) is 40.8 Å². The lowest BCUT2D eigenvalue weighted by molar-refractivity contribution is -0.128. The monoisotopic (exact) mass is 407 g/mol. The molecule has 2 aromatic carbocycles. The first kappa shape index (κ1) is 15.1. The van der Waals surface area contributed by atoms with Crippen LogP contribution in [0.5, 0.6) is 5.75 Å². The van der Waals surface area contributed by atoms with Crippen LogP contribution in [0, 0.1) is 3.57 Å². The average Bonchev–Trinajstić information content (AvgIpc) is 2.82. The molecule has 1 heterocycles. The second kappa shape index (κ2) is 6.10. The molecule has 1 N–H and O–H groups in total. The van der Waals surface area contributed by atoms with Gasteiger partial charge in [0.2, 0.25) is 0 Å². The van der Waals surface area contributed by atoms with Crippen LogP contribution in [0.3, 0.4) is 0 Å². The van der Waals surface area contributed by atoms with E-state index in [0.29, 0.717) is 12.3 Å². The summed E-state index contributed by atoms with van der Waals surface area (Å²) in [5, 5.41) is 11.5. The third-order valence-corrected chi connectivity index (χ3v) is 4.12. The highest BCUT2D eigenvalue weighted by Gasteiger charge is 2.16. The first-order chi connectivity index (χ1) is 10.7. The summed E-state index contributed by atoms with van der Waals surface area (Å²) in [5.41, 5.74) is 1.82. The first-order valence-electron chi connectivity index (χ1n) is 6.81. The average molecular weight is 407 g/mol. The highest BCUT2D eigenvalue weighted by Crippen LogP contribution is 2.36. The summed E-state index contributed by atoms with van der Waals surface area (Å²) in [6.07, 6.45) is 1.14. The number of rotatable bonds is 4. The number of hydrogen-bond acceptors (Lipinski definition) is 3. The third-order valence-electron chi connectivity index (χ3n) is 3.50. The van der Waals surface area contributed by atoms with Crippen molar-refractivity contribution in [3.05, 3.63) is 52.6 Å². The highest BCUT2D eigenvalue weighted by molar-refractivity contribution is 14.1. The van der Waals surface area contributed by atoms with Gasteiger partial charge >= 0.3 is 5.97 Å². The van der Waals surface area contributed by atoms with Gasteiger partial charge in [0.15, 0.2) is 5.75 Å². The Kier molecular flexibility index (Phi) is 4.17. The molecule has 0 radical (unpaired) electrons. The topological polar surface area (TPSA) is 51.5 Å². The van der Waals surface area contributed by atoms with Crippen LogP contribution in [0.25, 0.3) is 21.8 Å². The molecule has 0 spiro atoms. The number of halogens is 1. The van der Waals surface area contributed by atoms with Gasteiger partial charge in [0, 0.05) is 32.5 Å². The summed E-state index contributed by atoms with van der Waals surface area (Å²) in [4.78, 5) is 11.6. The second-order valence-corrected chi connectivity index (χ2v) is 6.06. The van der Waals surface area contributed by atoms with Gasteiger partial charge in [-0.1, -0.05) is 24.8 Å². The summed E-state index contributed by atoms with van der Waals surface area (Å²) in [6.45, 7) is 3.88. The van der Waals surface area contributed by atoms with E-state index in [1.165, 1.54) is 0 Å². The fourth-order valence-electron chi connectivity index (χ4n) is 2.68. The molecule has 0 aliphatic rings. The van der Waals surface area contributed by atoms with Crippen LogP contribution in [0.4, 0.5) is 0 Å². The SMILES string of the molecule is C=CC(=O)Oc1cc(I)cc2c3ccccc3n(CCO)c12. The quantitative estimate of drug-likeness (QED) is 0.312. The standard InChI is InChI=1S/C17H14INO3/c1-2-16(21)22-15-10-11(18)9-13-12-5-3-4-6-14(12)19(7-8-20)17(13)15/h2-6,9-10,20H,1,7-8H2. The van der Waals surface area contributed by atoms with Crippen LogP contribution in [-0.2, 0) is 11.3 Å². The van der Waals surface area contributed by atoms with E-state index in [1.807, 2.05) is 34.9 Å². The fraction of sp³-hybridized carbons (Fsp3) is 0.118. The minimum absolute atomic E-state index is 0.00854. The lowest BCUT2D eigenvalue weighted by atomic mass is 10.1. The Hall–Kier alpha value is -1.86. The maximum absolute atomic E-state index is 11.6. The van der Waals surface area contributed by atoms with Gasteiger partial charge in [0.25, 0.3) is 0 Å². The molecule has 1 aromatic heterocycles. The zero-order chi connectivity index (χ0) is 15.7. The number of nitrogens with zero attached hydrogens (tertiary/aromatic N) is 1. The van der Waals surface area contributed by atoms with Gasteiger partial charge in [-0.25, -0.2) is 4.79 Å². The molecule has 0 aliphatic heterocycles. The van der Waals surface area contributed by atoms with Crippen molar-refractivity contribution in [2.75, 3.05) is 6.61 Å². The number of aliphatic hydroxyl groups excluding tert-OH is 1. The van der Waals surface area contributed by atoms with E-state index in [0.717, 1.165) is 31.5 Å². The van der Waals surface area contributed by atoms with E-state index in [4.69, 9.17) is 4.74 Å². The number of para-hydroxylation sites is 1. The Labute approximate surface area is 141 Å². The Balaban J connectivity index is 2.40. The molecule has 0 aliphatic carbocycles. The minimum Gasteiger partial charge on any atom is -0.421 e. The molecule has 0 unspecified atom stereocenters. The molecule has 0 bridgehead atoms. The van der Waals surface area contributed by atoms with Crippen LogP contribution >= 0.6 is 22.6 Å².